The molecule has 0 saturated heterocycles. The summed E-state index contributed by atoms with van der Waals surface area (Å²) >= 11 is 0. The number of anilines is 1. The Morgan fingerprint density at radius 1 is 1.33 bits per heavy atom. The lowest BCUT2D eigenvalue weighted by atomic mass is 10.0. The summed E-state index contributed by atoms with van der Waals surface area (Å²) in [4.78, 5) is 0.262. The van der Waals surface area contributed by atoms with Gasteiger partial charge < -0.3 is 5.73 Å². The fraction of sp³-hybridized carbons (Fsp3) is 0.538. The van der Waals surface area contributed by atoms with Crippen LogP contribution in [-0.4, -0.2) is 14.5 Å². The number of nitrogens with one attached hydrogen (secondary N) is 1. The Balaban J connectivity index is 3.03. The highest BCUT2D eigenvalue weighted by Gasteiger charge is 2.22. The van der Waals surface area contributed by atoms with Crippen molar-refractivity contribution in [3.05, 3.63) is 23.8 Å². The Morgan fingerprint density at radius 2 is 1.94 bits per heavy atom. The molecule has 0 spiro atoms. The maximum Gasteiger partial charge on any atom is 0.241 e. The van der Waals surface area contributed by atoms with Crippen molar-refractivity contribution in [3.8, 4) is 0 Å². The van der Waals surface area contributed by atoms with Crippen molar-refractivity contribution in [1.82, 2.24) is 4.72 Å². The number of benzene rings is 1. The molecule has 0 aliphatic heterocycles. The molecule has 102 valence electrons. The summed E-state index contributed by atoms with van der Waals surface area (Å²) in [5.41, 5.74) is 6.81. The summed E-state index contributed by atoms with van der Waals surface area (Å²) in [5, 5.41) is 0. The summed E-state index contributed by atoms with van der Waals surface area (Å²) < 4.78 is 27.2. The molecule has 3 N–H and O–H groups in total. The SMILES string of the molecule is CCC(C)C(C)NS(=O)(=O)c1cc(N)ccc1C. The Kier molecular flexibility index (Phi) is 4.76. The predicted octanol–water partition coefficient (Wildman–Crippen LogP) is 2.29. The molecule has 0 saturated carbocycles. The van der Waals surface area contributed by atoms with Crippen molar-refractivity contribution in [1.29, 1.82) is 0 Å². The Morgan fingerprint density at radius 3 is 2.50 bits per heavy atom. The molecule has 1 aromatic carbocycles. The highest BCUT2D eigenvalue weighted by atomic mass is 32.2. The number of nitrogens with two attached hydrogens (primary N) is 1. The monoisotopic (exact) mass is 270 g/mol. The summed E-state index contributed by atoms with van der Waals surface area (Å²) in [6, 6.07) is 4.83. The molecular weight excluding hydrogens is 248 g/mol. The molecule has 0 aliphatic rings. The van der Waals surface area contributed by atoms with Crippen molar-refractivity contribution in [3.63, 3.8) is 0 Å². The molecule has 4 nitrogen and oxygen atoms in total. The molecule has 0 amide bonds. The predicted molar refractivity (Wildman–Crippen MR) is 74.8 cm³/mol. The average molecular weight is 270 g/mol. The van der Waals surface area contributed by atoms with Gasteiger partial charge in [0.25, 0.3) is 0 Å². The minimum atomic E-state index is -3.50. The first kappa shape index (κ1) is 15.0. The molecule has 0 aromatic heterocycles. The zero-order valence-electron chi connectivity index (χ0n) is 11.4. The Hall–Kier alpha value is -1.07. The second-order valence-electron chi connectivity index (χ2n) is 4.82. The first-order valence-corrected chi connectivity index (χ1v) is 7.64. The van der Waals surface area contributed by atoms with Crippen LogP contribution in [0.1, 0.15) is 32.8 Å². The fourth-order valence-electron chi connectivity index (χ4n) is 1.68. The summed E-state index contributed by atoms with van der Waals surface area (Å²) in [6.45, 7) is 7.72. The number of aryl methyl sites for hydroxylation is 1. The van der Waals surface area contributed by atoms with Crippen LogP contribution < -0.4 is 10.5 Å². The smallest absolute Gasteiger partial charge is 0.241 e. The van der Waals surface area contributed by atoms with Gasteiger partial charge in [-0.05, 0) is 37.5 Å². The van der Waals surface area contributed by atoms with Crippen molar-refractivity contribution in [2.24, 2.45) is 5.92 Å². The van der Waals surface area contributed by atoms with Gasteiger partial charge in [0.05, 0.1) is 4.90 Å². The van der Waals surface area contributed by atoms with E-state index in [1.165, 1.54) is 6.07 Å². The molecule has 5 heteroatoms. The van der Waals surface area contributed by atoms with Crippen LogP contribution >= 0.6 is 0 Å². The van der Waals surface area contributed by atoms with Gasteiger partial charge in [-0.3, -0.25) is 0 Å². The minimum absolute atomic E-state index is 0.0965. The molecule has 0 aliphatic carbocycles. The van der Waals surface area contributed by atoms with E-state index >= 15 is 0 Å². The van der Waals surface area contributed by atoms with Gasteiger partial charge in [-0.25, -0.2) is 13.1 Å². The molecule has 1 aromatic rings. The van der Waals surface area contributed by atoms with E-state index in [0.717, 1.165) is 6.42 Å². The number of sulfonamides is 1. The maximum absolute atomic E-state index is 12.3. The zero-order chi connectivity index (χ0) is 13.9. The molecule has 0 heterocycles. The fourth-order valence-corrected chi connectivity index (χ4v) is 3.32. The molecule has 0 radical (unpaired) electrons. The Labute approximate surface area is 110 Å². The van der Waals surface area contributed by atoms with Gasteiger partial charge in [0.1, 0.15) is 0 Å². The van der Waals surface area contributed by atoms with Gasteiger partial charge in [-0.15, -0.1) is 0 Å². The van der Waals surface area contributed by atoms with Crippen molar-refractivity contribution in [2.45, 2.75) is 45.1 Å². The lowest BCUT2D eigenvalue weighted by Gasteiger charge is -2.20. The largest absolute Gasteiger partial charge is 0.399 e. The summed E-state index contributed by atoms with van der Waals surface area (Å²) in [5.74, 6) is 0.293. The standard InChI is InChI=1S/C13H22N2O2S/c1-5-9(2)11(4)15-18(16,17)13-8-12(14)7-6-10(13)3/h6-9,11,15H,5,14H2,1-4H3. The van der Waals surface area contributed by atoms with Crippen LogP contribution in [0.25, 0.3) is 0 Å². The van der Waals surface area contributed by atoms with Gasteiger partial charge in [0, 0.05) is 11.7 Å². The van der Waals surface area contributed by atoms with Gasteiger partial charge in [0.2, 0.25) is 10.0 Å². The van der Waals surface area contributed by atoms with E-state index < -0.39 is 10.0 Å². The highest BCUT2D eigenvalue weighted by Crippen LogP contribution is 2.19. The lowest BCUT2D eigenvalue weighted by Crippen LogP contribution is -2.37. The van der Waals surface area contributed by atoms with E-state index in [1.807, 2.05) is 20.8 Å². The second kappa shape index (κ2) is 5.71. The van der Waals surface area contributed by atoms with Gasteiger partial charge in [0.15, 0.2) is 0 Å². The number of nitrogen functional groups attached to an aromatic ring is 1. The first-order chi connectivity index (χ1) is 8.27. The number of hydrogen-bond donors (Lipinski definition) is 2. The molecule has 18 heavy (non-hydrogen) atoms. The van der Waals surface area contributed by atoms with E-state index in [-0.39, 0.29) is 10.9 Å². The summed E-state index contributed by atoms with van der Waals surface area (Å²) in [7, 11) is -3.50. The molecule has 0 fully saturated rings. The third-order valence-electron chi connectivity index (χ3n) is 3.34. The van der Waals surface area contributed by atoms with Crippen LogP contribution in [0.4, 0.5) is 5.69 Å². The average Bonchev–Trinajstić information content (AvgIpc) is 2.30. The van der Waals surface area contributed by atoms with Gasteiger partial charge in [-0.2, -0.15) is 0 Å². The molecule has 1 rings (SSSR count). The van der Waals surface area contributed by atoms with Crippen LogP contribution in [0.2, 0.25) is 0 Å². The quantitative estimate of drug-likeness (QED) is 0.806. The zero-order valence-corrected chi connectivity index (χ0v) is 12.2. The third kappa shape index (κ3) is 3.46. The molecular formula is C13H22N2O2S. The van der Waals surface area contributed by atoms with Crippen LogP contribution in [0.3, 0.4) is 0 Å². The second-order valence-corrected chi connectivity index (χ2v) is 6.50. The van der Waals surface area contributed by atoms with Crippen LogP contribution in [0.15, 0.2) is 23.1 Å². The molecule has 2 unspecified atom stereocenters. The van der Waals surface area contributed by atoms with E-state index in [0.29, 0.717) is 17.2 Å². The number of rotatable bonds is 5. The van der Waals surface area contributed by atoms with Crippen molar-refractivity contribution >= 4 is 15.7 Å². The van der Waals surface area contributed by atoms with Crippen LogP contribution in [0, 0.1) is 12.8 Å². The van der Waals surface area contributed by atoms with Crippen LogP contribution in [-0.2, 0) is 10.0 Å². The summed E-state index contributed by atoms with van der Waals surface area (Å²) in [6.07, 6.45) is 0.930. The normalized spacial score (nSPS) is 15.3. The van der Waals surface area contributed by atoms with Gasteiger partial charge in [-0.1, -0.05) is 26.3 Å². The van der Waals surface area contributed by atoms with E-state index in [4.69, 9.17) is 5.73 Å². The first-order valence-electron chi connectivity index (χ1n) is 6.16. The maximum atomic E-state index is 12.3. The van der Waals surface area contributed by atoms with Crippen LogP contribution in [0.5, 0.6) is 0 Å². The number of hydrogen-bond acceptors (Lipinski definition) is 3. The van der Waals surface area contributed by atoms with E-state index in [1.54, 1.807) is 19.1 Å². The van der Waals surface area contributed by atoms with Crippen molar-refractivity contribution in [2.75, 3.05) is 5.73 Å². The highest BCUT2D eigenvalue weighted by molar-refractivity contribution is 7.89. The molecule has 0 bridgehead atoms. The minimum Gasteiger partial charge on any atom is -0.399 e. The molecule has 2 atom stereocenters. The third-order valence-corrected chi connectivity index (χ3v) is 5.04. The van der Waals surface area contributed by atoms with Crippen molar-refractivity contribution < 1.29 is 8.42 Å². The van der Waals surface area contributed by atoms with Gasteiger partial charge >= 0.3 is 0 Å². The van der Waals surface area contributed by atoms with E-state index in [2.05, 4.69) is 4.72 Å². The van der Waals surface area contributed by atoms with E-state index in [9.17, 15) is 8.42 Å². The Bertz CT molecular complexity index is 512. The lowest BCUT2D eigenvalue weighted by molar-refractivity contribution is 0.434. The topological polar surface area (TPSA) is 72.2 Å².